The second kappa shape index (κ2) is 9.41. The summed E-state index contributed by atoms with van der Waals surface area (Å²) in [5.74, 6) is 0.284. The van der Waals surface area contributed by atoms with Crippen molar-refractivity contribution in [2.75, 3.05) is 34.2 Å². The van der Waals surface area contributed by atoms with Crippen molar-refractivity contribution >= 4 is 22.5 Å². The molecule has 4 rings (SSSR count). The monoisotopic (exact) mass is 495 g/mol. The van der Waals surface area contributed by atoms with Crippen molar-refractivity contribution in [1.82, 2.24) is 24.3 Å². The van der Waals surface area contributed by atoms with E-state index < -0.39 is 5.54 Å². The van der Waals surface area contributed by atoms with E-state index in [1.807, 2.05) is 60.9 Å². The number of allylic oxidation sites excluding steroid dienone is 1. The molecule has 2 aromatic heterocycles. The van der Waals surface area contributed by atoms with Crippen LogP contribution in [-0.2, 0) is 12.6 Å². The summed E-state index contributed by atoms with van der Waals surface area (Å²) < 4.78 is 2.04. The molecule has 0 spiro atoms. The Morgan fingerprint density at radius 2 is 2.03 bits per heavy atom. The van der Waals surface area contributed by atoms with E-state index in [-0.39, 0.29) is 22.9 Å². The number of nitro groups is 1. The fourth-order valence-electron chi connectivity index (χ4n) is 4.52. The molecular formula is C25H30ClN7O2. The molecule has 0 saturated carbocycles. The van der Waals surface area contributed by atoms with Crippen molar-refractivity contribution in [3.8, 4) is 11.3 Å². The van der Waals surface area contributed by atoms with Gasteiger partial charge >= 0.3 is 0 Å². The molecule has 0 aliphatic heterocycles. The first-order valence-corrected chi connectivity index (χ1v) is 11.7. The van der Waals surface area contributed by atoms with Gasteiger partial charge in [0.1, 0.15) is 11.2 Å². The van der Waals surface area contributed by atoms with E-state index in [1.165, 1.54) is 6.20 Å². The van der Waals surface area contributed by atoms with Crippen molar-refractivity contribution in [3.63, 3.8) is 0 Å². The first kappa shape index (κ1) is 24.8. The largest absolute Gasteiger partial charge is 0.368 e. The number of benzene rings is 1. The number of nitrogens with two attached hydrogens (primary N) is 1. The van der Waals surface area contributed by atoms with Gasteiger partial charge in [-0.05, 0) is 32.7 Å². The van der Waals surface area contributed by atoms with Gasteiger partial charge in [-0.1, -0.05) is 35.9 Å². The number of aryl methyl sites for hydroxylation is 2. The molecule has 0 bridgehead atoms. The molecule has 1 unspecified atom stereocenters. The summed E-state index contributed by atoms with van der Waals surface area (Å²) in [4.78, 5) is 24.7. The van der Waals surface area contributed by atoms with Crippen molar-refractivity contribution < 1.29 is 4.92 Å². The Kier molecular flexibility index (Phi) is 6.68. The average molecular weight is 496 g/mol. The van der Waals surface area contributed by atoms with Crippen LogP contribution in [0.1, 0.15) is 17.8 Å². The number of aromatic nitrogens is 3. The summed E-state index contributed by atoms with van der Waals surface area (Å²) in [7, 11) is 7.75. The molecule has 1 aliphatic rings. The fourth-order valence-corrected chi connectivity index (χ4v) is 4.71. The quantitative estimate of drug-likeness (QED) is 0.393. The van der Waals surface area contributed by atoms with Crippen LogP contribution >= 0.6 is 11.6 Å². The SMILES string of the molecule is Cc1cccc2c(-c3nc(C4(N)C=CC(N(C)CCN(C)C)=C([N+](=O)[O-])C4)ncc3Cl)cn(C)c12. The average Bonchev–Trinajstić information content (AvgIpc) is 3.15. The number of halogens is 1. The van der Waals surface area contributed by atoms with Crippen LogP contribution in [0.3, 0.4) is 0 Å². The summed E-state index contributed by atoms with van der Waals surface area (Å²) in [5, 5.41) is 13.4. The summed E-state index contributed by atoms with van der Waals surface area (Å²) in [5.41, 5.74) is 9.67. The predicted molar refractivity (Wildman–Crippen MR) is 139 cm³/mol. The molecule has 9 nitrogen and oxygen atoms in total. The van der Waals surface area contributed by atoms with E-state index >= 15 is 0 Å². The zero-order valence-electron chi connectivity index (χ0n) is 20.6. The molecule has 35 heavy (non-hydrogen) atoms. The Labute approximate surface area is 209 Å². The van der Waals surface area contributed by atoms with Gasteiger partial charge in [0, 0.05) is 50.5 Å². The van der Waals surface area contributed by atoms with Crippen LogP contribution in [-0.4, -0.2) is 63.5 Å². The van der Waals surface area contributed by atoms with Crippen LogP contribution < -0.4 is 5.73 Å². The van der Waals surface area contributed by atoms with Gasteiger partial charge in [-0.2, -0.15) is 0 Å². The van der Waals surface area contributed by atoms with Crippen LogP contribution in [0.4, 0.5) is 0 Å². The highest BCUT2D eigenvalue weighted by Crippen LogP contribution is 2.37. The van der Waals surface area contributed by atoms with E-state index in [1.54, 1.807) is 12.2 Å². The van der Waals surface area contributed by atoms with E-state index in [9.17, 15) is 10.1 Å². The summed E-state index contributed by atoms with van der Waals surface area (Å²) in [6.45, 7) is 3.46. The molecule has 0 amide bonds. The predicted octanol–water partition coefficient (Wildman–Crippen LogP) is 3.69. The maximum absolute atomic E-state index is 12.0. The molecule has 0 fully saturated rings. The maximum atomic E-state index is 12.0. The lowest BCUT2D eigenvalue weighted by molar-refractivity contribution is -0.431. The number of hydrogen-bond acceptors (Lipinski definition) is 7. The molecule has 0 saturated heterocycles. The standard InChI is InChI=1S/C25H30ClN7O2/c1-16-7-6-8-17-18(15-32(5)23(16)17)22-19(26)14-28-24(29-22)25(27)10-9-20(21(13-25)33(34)35)31(4)12-11-30(2)3/h6-10,14-15H,11-13,27H2,1-5H3. The third kappa shape index (κ3) is 4.67. The van der Waals surface area contributed by atoms with E-state index in [0.29, 0.717) is 23.0 Å². The molecule has 1 aliphatic carbocycles. The molecule has 2 N–H and O–H groups in total. The number of rotatable bonds is 7. The van der Waals surface area contributed by atoms with E-state index in [0.717, 1.165) is 28.6 Å². The lowest BCUT2D eigenvalue weighted by Gasteiger charge is -2.30. The van der Waals surface area contributed by atoms with Gasteiger partial charge in [-0.25, -0.2) is 9.97 Å². The Morgan fingerprint density at radius 1 is 1.29 bits per heavy atom. The van der Waals surface area contributed by atoms with Gasteiger partial charge in [0.2, 0.25) is 0 Å². The van der Waals surface area contributed by atoms with Crippen LogP contribution in [0.15, 0.2) is 54.1 Å². The third-order valence-corrected chi connectivity index (χ3v) is 6.70. The molecule has 184 valence electrons. The number of nitrogens with zero attached hydrogens (tertiary/aromatic N) is 6. The zero-order chi connectivity index (χ0) is 25.5. The summed E-state index contributed by atoms with van der Waals surface area (Å²) in [6, 6.07) is 6.07. The minimum atomic E-state index is -1.24. The van der Waals surface area contributed by atoms with Crippen LogP contribution in [0.25, 0.3) is 22.2 Å². The van der Waals surface area contributed by atoms with Crippen molar-refractivity contribution in [2.45, 2.75) is 18.9 Å². The lowest BCUT2D eigenvalue weighted by Crippen LogP contribution is -2.41. The number of likely N-dealkylation sites (N-methyl/N-ethyl adjacent to an activating group) is 2. The Hall–Kier alpha value is -3.27. The number of hydrogen-bond donors (Lipinski definition) is 1. The van der Waals surface area contributed by atoms with Gasteiger partial charge in [-0.15, -0.1) is 0 Å². The molecule has 1 atom stereocenters. The van der Waals surface area contributed by atoms with Gasteiger partial charge in [-0.3, -0.25) is 10.1 Å². The lowest BCUT2D eigenvalue weighted by atomic mass is 9.87. The van der Waals surface area contributed by atoms with Gasteiger partial charge in [0.15, 0.2) is 5.82 Å². The smallest absolute Gasteiger partial charge is 0.271 e. The molecule has 1 aromatic carbocycles. The van der Waals surface area contributed by atoms with Crippen LogP contribution in [0, 0.1) is 17.0 Å². The molecule has 0 radical (unpaired) electrons. The van der Waals surface area contributed by atoms with Crippen LogP contribution in [0.5, 0.6) is 0 Å². The summed E-state index contributed by atoms with van der Waals surface area (Å²) >= 11 is 6.55. The van der Waals surface area contributed by atoms with Crippen molar-refractivity contribution in [2.24, 2.45) is 12.8 Å². The minimum Gasteiger partial charge on any atom is -0.368 e. The minimum absolute atomic E-state index is 0.0339. The number of fused-ring (bicyclic) bond motifs is 1. The number of para-hydroxylation sites is 1. The van der Waals surface area contributed by atoms with E-state index in [2.05, 4.69) is 18.0 Å². The first-order chi connectivity index (χ1) is 16.5. The van der Waals surface area contributed by atoms with Crippen molar-refractivity contribution in [3.05, 3.63) is 80.7 Å². The molecular weight excluding hydrogens is 466 g/mol. The second-order valence-electron chi connectivity index (χ2n) is 9.38. The highest BCUT2D eigenvalue weighted by Gasteiger charge is 2.39. The topological polar surface area (TPSA) is 106 Å². The Bertz CT molecular complexity index is 1360. The molecule has 2 heterocycles. The highest BCUT2D eigenvalue weighted by atomic mass is 35.5. The maximum Gasteiger partial charge on any atom is 0.271 e. The zero-order valence-corrected chi connectivity index (χ0v) is 21.4. The van der Waals surface area contributed by atoms with Gasteiger partial charge in [0.05, 0.1) is 27.6 Å². The first-order valence-electron chi connectivity index (χ1n) is 11.3. The molecule has 10 heteroatoms. The third-order valence-electron chi connectivity index (χ3n) is 6.43. The summed E-state index contributed by atoms with van der Waals surface area (Å²) in [6.07, 6.45) is 6.92. The normalized spacial score (nSPS) is 18.1. The highest BCUT2D eigenvalue weighted by molar-refractivity contribution is 6.33. The Morgan fingerprint density at radius 3 is 2.71 bits per heavy atom. The Balaban J connectivity index is 1.75. The fraction of sp³-hybridized carbons (Fsp3) is 0.360. The van der Waals surface area contributed by atoms with Crippen LogP contribution in [0.2, 0.25) is 5.02 Å². The molecule has 3 aromatic rings. The van der Waals surface area contributed by atoms with E-state index in [4.69, 9.17) is 22.3 Å². The van der Waals surface area contributed by atoms with Gasteiger partial charge < -0.3 is 20.1 Å². The van der Waals surface area contributed by atoms with Crippen molar-refractivity contribution in [1.29, 1.82) is 0 Å². The van der Waals surface area contributed by atoms with Gasteiger partial charge in [0.25, 0.3) is 5.70 Å². The second-order valence-corrected chi connectivity index (χ2v) is 9.79.